The third kappa shape index (κ3) is 3.95. The first-order valence-electron chi connectivity index (χ1n) is 11.0. The summed E-state index contributed by atoms with van der Waals surface area (Å²) in [4.78, 5) is 27.1. The van der Waals surface area contributed by atoms with Gasteiger partial charge in [-0.3, -0.25) is 9.59 Å². The highest BCUT2D eigenvalue weighted by Gasteiger charge is 2.43. The number of dihydropyridines is 1. The highest BCUT2D eigenvalue weighted by atomic mass is 16.5. The zero-order valence-corrected chi connectivity index (χ0v) is 19.3. The molecule has 2 aliphatic rings. The molecule has 1 heterocycles. The summed E-state index contributed by atoms with van der Waals surface area (Å²) in [5, 5.41) is 6.43. The van der Waals surface area contributed by atoms with Crippen LogP contribution in [0.5, 0.6) is 5.75 Å². The van der Waals surface area contributed by atoms with Crippen molar-refractivity contribution in [2.75, 3.05) is 12.4 Å². The van der Waals surface area contributed by atoms with Gasteiger partial charge in [-0.05, 0) is 48.9 Å². The summed E-state index contributed by atoms with van der Waals surface area (Å²) >= 11 is 0. The molecule has 5 nitrogen and oxygen atoms in total. The number of methoxy groups -OCH3 is 1. The number of hydrogen-bond acceptors (Lipinski definition) is 4. The van der Waals surface area contributed by atoms with E-state index in [-0.39, 0.29) is 17.1 Å². The smallest absolute Gasteiger partial charge is 0.254 e. The molecule has 0 bridgehead atoms. The van der Waals surface area contributed by atoms with E-state index in [4.69, 9.17) is 4.74 Å². The molecule has 1 atom stereocenters. The lowest BCUT2D eigenvalue weighted by atomic mass is 9.68. The molecule has 166 valence electrons. The molecule has 0 unspecified atom stereocenters. The lowest BCUT2D eigenvalue weighted by molar-refractivity contribution is -0.118. The molecule has 0 radical (unpaired) electrons. The number of anilines is 1. The molecule has 0 aromatic heterocycles. The molecule has 2 aromatic carbocycles. The van der Waals surface area contributed by atoms with Gasteiger partial charge in [-0.15, -0.1) is 0 Å². The molecular formula is C27H30N2O3. The molecule has 2 aromatic rings. The van der Waals surface area contributed by atoms with E-state index in [0.29, 0.717) is 23.4 Å². The number of ketones is 1. The Bertz CT molecular complexity index is 1160. The molecule has 0 saturated carbocycles. The van der Waals surface area contributed by atoms with Crippen molar-refractivity contribution in [3.8, 4) is 5.75 Å². The van der Waals surface area contributed by atoms with Crippen molar-refractivity contribution in [2.45, 2.75) is 46.5 Å². The van der Waals surface area contributed by atoms with E-state index in [1.165, 1.54) is 0 Å². The van der Waals surface area contributed by atoms with Crippen LogP contribution in [-0.2, 0) is 9.59 Å². The van der Waals surface area contributed by atoms with Gasteiger partial charge in [0.2, 0.25) is 0 Å². The number of hydrogen-bond donors (Lipinski definition) is 2. The zero-order chi connectivity index (χ0) is 23.0. The van der Waals surface area contributed by atoms with E-state index < -0.39 is 5.92 Å². The van der Waals surface area contributed by atoms with Gasteiger partial charge in [0, 0.05) is 34.9 Å². The molecule has 32 heavy (non-hydrogen) atoms. The van der Waals surface area contributed by atoms with Crippen molar-refractivity contribution in [1.82, 2.24) is 5.32 Å². The van der Waals surface area contributed by atoms with E-state index in [0.717, 1.165) is 34.5 Å². The summed E-state index contributed by atoms with van der Waals surface area (Å²) in [5.74, 6) is 0.0421. The number of amides is 1. The van der Waals surface area contributed by atoms with Crippen molar-refractivity contribution >= 4 is 17.4 Å². The van der Waals surface area contributed by atoms with Crippen LogP contribution in [-0.4, -0.2) is 18.8 Å². The van der Waals surface area contributed by atoms with E-state index >= 15 is 0 Å². The van der Waals surface area contributed by atoms with Crippen LogP contribution in [0.2, 0.25) is 0 Å². The number of Topliss-reactive ketones (excluding diaryl/α,β-unsaturated/α-hetero) is 1. The van der Waals surface area contributed by atoms with E-state index in [9.17, 15) is 9.59 Å². The quantitative estimate of drug-likeness (QED) is 0.696. The highest BCUT2D eigenvalue weighted by Crippen LogP contribution is 2.47. The Morgan fingerprint density at radius 3 is 2.47 bits per heavy atom. The molecular weight excluding hydrogens is 400 g/mol. The largest absolute Gasteiger partial charge is 0.495 e. The molecule has 4 rings (SSSR count). The first-order valence-corrected chi connectivity index (χ1v) is 11.0. The van der Waals surface area contributed by atoms with Crippen molar-refractivity contribution in [2.24, 2.45) is 5.41 Å². The third-order valence-electron chi connectivity index (χ3n) is 6.34. The van der Waals surface area contributed by atoms with Crippen LogP contribution in [0.1, 0.15) is 50.7 Å². The average Bonchev–Trinajstić information content (AvgIpc) is 2.72. The van der Waals surface area contributed by atoms with Crippen LogP contribution in [0.15, 0.2) is 71.1 Å². The number of aryl methyl sites for hydroxylation is 1. The van der Waals surface area contributed by atoms with Gasteiger partial charge in [-0.1, -0.05) is 50.2 Å². The minimum absolute atomic E-state index is 0.104. The summed E-state index contributed by atoms with van der Waals surface area (Å²) in [6.45, 7) is 8.17. The van der Waals surface area contributed by atoms with Gasteiger partial charge in [0.25, 0.3) is 5.91 Å². The predicted octanol–water partition coefficient (Wildman–Crippen LogP) is 5.25. The summed E-state index contributed by atoms with van der Waals surface area (Å²) in [6.07, 6.45) is 1.24. The number of carbonyl (C=O) groups excluding carboxylic acids is 2. The fourth-order valence-electron chi connectivity index (χ4n) is 4.90. The Kier molecular flexibility index (Phi) is 5.68. The summed E-state index contributed by atoms with van der Waals surface area (Å²) in [5.41, 5.74) is 5.52. The minimum Gasteiger partial charge on any atom is -0.495 e. The molecule has 5 heteroatoms. The predicted molar refractivity (Wildman–Crippen MR) is 126 cm³/mol. The first kappa shape index (κ1) is 21.9. The van der Waals surface area contributed by atoms with Crippen molar-refractivity contribution < 1.29 is 14.3 Å². The van der Waals surface area contributed by atoms with Gasteiger partial charge in [-0.25, -0.2) is 0 Å². The zero-order valence-electron chi connectivity index (χ0n) is 19.3. The van der Waals surface area contributed by atoms with Crippen LogP contribution < -0.4 is 15.4 Å². The molecule has 1 aliphatic heterocycles. The lowest BCUT2D eigenvalue weighted by Gasteiger charge is -2.40. The van der Waals surface area contributed by atoms with Gasteiger partial charge in [0.15, 0.2) is 5.78 Å². The maximum Gasteiger partial charge on any atom is 0.254 e. The number of rotatable bonds is 4. The monoisotopic (exact) mass is 430 g/mol. The second-order valence-corrected chi connectivity index (χ2v) is 9.44. The van der Waals surface area contributed by atoms with Crippen LogP contribution >= 0.6 is 0 Å². The Hall–Kier alpha value is -3.34. The van der Waals surface area contributed by atoms with Crippen molar-refractivity contribution in [3.05, 3.63) is 82.2 Å². The average molecular weight is 431 g/mol. The normalized spacial score (nSPS) is 19.9. The number of ether oxygens (including phenoxy) is 1. The topological polar surface area (TPSA) is 67.4 Å². The van der Waals surface area contributed by atoms with E-state index in [1.807, 2.05) is 62.4 Å². The Labute approximate surface area is 189 Å². The van der Waals surface area contributed by atoms with Gasteiger partial charge in [-0.2, -0.15) is 0 Å². The van der Waals surface area contributed by atoms with Gasteiger partial charge in [0.1, 0.15) is 5.75 Å². The van der Waals surface area contributed by atoms with Gasteiger partial charge < -0.3 is 15.4 Å². The maximum atomic E-state index is 13.7. The van der Waals surface area contributed by atoms with Crippen LogP contribution in [0.3, 0.4) is 0 Å². The second kappa shape index (κ2) is 8.30. The molecule has 0 saturated heterocycles. The molecule has 2 N–H and O–H groups in total. The fraction of sp³-hybridized carbons (Fsp3) is 0.333. The number of nitrogens with one attached hydrogen (secondary N) is 2. The van der Waals surface area contributed by atoms with Gasteiger partial charge >= 0.3 is 0 Å². The summed E-state index contributed by atoms with van der Waals surface area (Å²) in [6, 6.07) is 15.3. The van der Waals surface area contributed by atoms with Gasteiger partial charge in [0.05, 0.1) is 12.8 Å². The Morgan fingerprint density at radius 1 is 1.06 bits per heavy atom. The summed E-state index contributed by atoms with van der Waals surface area (Å²) in [7, 11) is 1.58. The Morgan fingerprint density at radius 2 is 1.75 bits per heavy atom. The van der Waals surface area contributed by atoms with Crippen LogP contribution in [0.25, 0.3) is 0 Å². The van der Waals surface area contributed by atoms with E-state index in [1.54, 1.807) is 7.11 Å². The Balaban J connectivity index is 1.83. The van der Waals surface area contributed by atoms with Crippen LogP contribution in [0, 0.1) is 12.3 Å². The van der Waals surface area contributed by atoms with E-state index in [2.05, 4.69) is 24.5 Å². The number of allylic oxidation sites excluding steroid dienone is 3. The standard InChI is InChI=1S/C27H30N2O3/c1-16-10-6-7-11-18(16)24-23(26(31)29-19-12-8-9-13-22(19)32-5)17(2)28-20-14-27(3,4)15-21(30)25(20)24/h6-13,24,28H,14-15H2,1-5H3,(H,29,31)/t24-/m1/s1. The maximum absolute atomic E-state index is 13.7. The highest BCUT2D eigenvalue weighted by molar-refractivity contribution is 6.10. The van der Waals surface area contributed by atoms with Crippen molar-refractivity contribution in [1.29, 1.82) is 0 Å². The molecule has 1 aliphatic carbocycles. The second-order valence-electron chi connectivity index (χ2n) is 9.44. The fourth-order valence-corrected chi connectivity index (χ4v) is 4.90. The molecule has 0 spiro atoms. The molecule has 0 fully saturated rings. The number of carbonyl (C=O) groups is 2. The molecule has 1 amide bonds. The number of para-hydroxylation sites is 2. The third-order valence-corrected chi connectivity index (χ3v) is 6.34. The minimum atomic E-state index is -0.411. The lowest BCUT2D eigenvalue weighted by Crippen LogP contribution is -2.39. The first-order chi connectivity index (χ1) is 15.2. The SMILES string of the molecule is COc1ccccc1NC(=O)C1=C(C)NC2=C(C(=O)CC(C)(C)C2)[C@@H]1c1ccccc1C. The van der Waals surface area contributed by atoms with Crippen molar-refractivity contribution in [3.63, 3.8) is 0 Å². The summed E-state index contributed by atoms with van der Waals surface area (Å²) < 4.78 is 5.41. The van der Waals surface area contributed by atoms with Crippen LogP contribution in [0.4, 0.5) is 5.69 Å². The number of benzene rings is 2.